The van der Waals surface area contributed by atoms with E-state index in [0.29, 0.717) is 0 Å². The van der Waals surface area contributed by atoms with Gasteiger partial charge < -0.3 is 0 Å². The summed E-state index contributed by atoms with van der Waals surface area (Å²) in [7, 11) is 0. The third-order valence-corrected chi connectivity index (χ3v) is 2.09. The Morgan fingerprint density at radius 3 is 0.818 bits per heavy atom. The van der Waals surface area contributed by atoms with E-state index in [1.165, 1.54) is 44.9 Å². The van der Waals surface area contributed by atoms with Crippen LogP contribution < -0.4 is 0 Å². The number of hydrogen-bond donors (Lipinski definition) is 0. The van der Waals surface area contributed by atoms with Gasteiger partial charge in [0.05, 0.1) is 0 Å². The second-order valence-corrected chi connectivity index (χ2v) is 4.43. The number of hydrogen-bond acceptors (Lipinski definition) is 0. The van der Waals surface area contributed by atoms with Crippen LogP contribution in [0.25, 0.3) is 0 Å². The summed E-state index contributed by atoms with van der Waals surface area (Å²) >= 11 is 0. The van der Waals surface area contributed by atoms with Crippen LogP contribution in [-0.2, 0) is 0 Å². The highest BCUT2D eigenvalue weighted by atomic mass is 14.2. The van der Waals surface area contributed by atoms with Crippen LogP contribution in [0.3, 0.4) is 0 Å². The van der Waals surface area contributed by atoms with Gasteiger partial charge in [-0.15, -0.1) is 0 Å². The molecule has 3 fully saturated rings. The first-order valence-corrected chi connectivity index (χ1v) is 5.29. The predicted octanol–water partition coefficient (Wildman–Crippen LogP) is 4.00. The van der Waals surface area contributed by atoms with E-state index in [4.69, 9.17) is 0 Å². The molecule has 0 amide bonds. The first-order chi connectivity index (χ1) is 5.29. The van der Waals surface area contributed by atoms with Gasteiger partial charge in [-0.1, -0.05) is 58.8 Å². The lowest BCUT2D eigenvalue weighted by Gasteiger charge is -1.53. The van der Waals surface area contributed by atoms with Gasteiger partial charge in [0.2, 0.25) is 0 Å². The molecule has 3 saturated carbocycles. The Morgan fingerprint density at radius 2 is 0.818 bits per heavy atom. The molecule has 0 saturated heterocycles. The summed E-state index contributed by atoms with van der Waals surface area (Å²) in [6.45, 7) is 4.56. The van der Waals surface area contributed by atoms with Crippen LogP contribution in [0, 0.1) is 11.8 Å². The largest absolute Gasteiger partial charge is 0.0625 e. The van der Waals surface area contributed by atoms with E-state index in [2.05, 4.69) is 13.8 Å². The highest BCUT2D eigenvalue weighted by molar-refractivity contribution is 4.65. The molecule has 66 valence electrons. The molecule has 0 atom stereocenters. The lowest BCUT2D eigenvalue weighted by Crippen LogP contribution is -1.42. The van der Waals surface area contributed by atoms with Gasteiger partial charge in [-0.3, -0.25) is 0 Å². The molecular formula is C11H22. The zero-order valence-electron chi connectivity index (χ0n) is 8.10. The zero-order valence-corrected chi connectivity index (χ0v) is 8.10. The normalized spacial score (nSPS) is 25.6. The average Bonchev–Trinajstić information content (AvgIpc) is 2.78. The fourth-order valence-corrected chi connectivity index (χ4v) is 0.333. The monoisotopic (exact) mass is 154 g/mol. The minimum absolute atomic E-state index is 1.08. The van der Waals surface area contributed by atoms with Crippen LogP contribution >= 0.6 is 0 Å². The van der Waals surface area contributed by atoms with Crippen molar-refractivity contribution in [3.05, 3.63) is 0 Å². The second kappa shape index (κ2) is 4.79. The molecule has 0 nitrogen and oxygen atoms in total. The molecular weight excluding hydrogens is 132 g/mol. The minimum Gasteiger partial charge on any atom is -0.0625 e. The Bertz CT molecular complexity index is 73.5. The molecule has 11 heavy (non-hydrogen) atoms. The Balaban J connectivity index is 0.0000000835. The fraction of sp³-hybridized carbons (Fsp3) is 1.00. The van der Waals surface area contributed by atoms with Crippen molar-refractivity contribution in [1.82, 2.24) is 0 Å². The summed E-state index contributed by atoms with van der Waals surface area (Å²) in [4.78, 5) is 0. The Hall–Kier alpha value is 0. The Morgan fingerprint density at radius 1 is 0.636 bits per heavy atom. The van der Waals surface area contributed by atoms with Gasteiger partial charge >= 0.3 is 0 Å². The SMILES string of the molecule is C1CC1.CC1CC1.CC1CC1. The first kappa shape index (κ1) is 9.09. The van der Waals surface area contributed by atoms with Crippen molar-refractivity contribution in [3.63, 3.8) is 0 Å². The van der Waals surface area contributed by atoms with Gasteiger partial charge in [0.25, 0.3) is 0 Å². The van der Waals surface area contributed by atoms with Gasteiger partial charge in [-0.05, 0) is 11.8 Å². The molecule has 0 spiro atoms. The summed E-state index contributed by atoms with van der Waals surface area (Å²) in [6, 6.07) is 0. The Kier molecular flexibility index (Phi) is 3.96. The van der Waals surface area contributed by atoms with E-state index in [0.717, 1.165) is 11.8 Å². The second-order valence-electron chi connectivity index (χ2n) is 4.43. The minimum atomic E-state index is 1.08. The molecule has 3 rings (SSSR count). The molecule has 0 heterocycles. The van der Waals surface area contributed by atoms with Gasteiger partial charge in [0.1, 0.15) is 0 Å². The first-order valence-electron chi connectivity index (χ1n) is 5.29. The summed E-state index contributed by atoms with van der Waals surface area (Å²) in [6.07, 6.45) is 10.4. The average molecular weight is 154 g/mol. The van der Waals surface area contributed by atoms with E-state index in [1.54, 1.807) is 0 Å². The molecule has 0 heteroatoms. The van der Waals surface area contributed by atoms with Crippen molar-refractivity contribution >= 4 is 0 Å². The van der Waals surface area contributed by atoms with E-state index >= 15 is 0 Å². The maximum Gasteiger partial charge on any atom is -0.0443 e. The van der Waals surface area contributed by atoms with Gasteiger partial charge in [-0.2, -0.15) is 0 Å². The molecule has 0 N–H and O–H groups in total. The maximum absolute atomic E-state index is 2.28. The van der Waals surface area contributed by atoms with Gasteiger partial charge in [0, 0.05) is 0 Å². The summed E-state index contributed by atoms with van der Waals surface area (Å²) < 4.78 is 0. The quantitative estimate of drug-likeness (QED) is 0.494. The van der Waals surface area contributed by atoms with Crippen LogP contribution in [0.5, 0.6) is 0 Å². The van der Waals surface area contributed by atoms with E-state index < -0.39 is 0 Å². The van der Waals surface area contributed by atoms with E-state index in [1.807, 2.05) is 0 Å². The standard InChI is InChI=1S/2C4H8.C3H6/c2*1-4-2-3-4;1-2-3-1/h2*4H,2-3H2,1H3;1-3H2. The van der Waals surface area contributed by atoms with Crippen molar-refractivity contribution in [2.75, 3.05) is 0 Å². The Labute approximate surface area is 71.4 Å². The van der Waals surface area contributed by atoms with Crippen molar-refractivity contribution in [3.8, 4) is 0 Å². The number of rotatable bonds is 0. The molecule has 0 aliphatic heterocycles. The van der Waals surface area contributed by atoms with Crippen molar-refractivity contribution in [1.29, 1.82) is 0 Å². The van der Waals surface area contributed by atoms with Crippen molar-refractivity contribution in [2.24, 2.45) is 11.8 Å². The molecule has 0 aromatic heterocycles. The van der Waals surface area contributed by atoms with Crippen LogP contribution in [0.2, 0.25) is 0 Å². The lowest BCUT2D eigenvalue weighted by molar-refractivity contribution is 0.983. The smallest absolute Gasteiger partial charge is 0.0443 e. The highest BCUT2D eigenvalue weighted by Gasteiger charge is 2.13. The predicted molar refractivity (Wildman–Crippen MR) is 50.6 cm³/mol. The van der Waals surface area contributed by atoms with Crippen molar-refractivity contribution < 1.29 is 0 Å². The molecule has 0 aromatic carbocycles. The zero-order chi connectivity index (χ0) is 8.10. The molecule has 0 bridgehead atoms. The van der Waals surface area contributed by atoms with Crippen molar-refractivity contribution in [2.45, 2.75) is 58.8 Å². The summed E-state index contributed by atoms with van der Waals surface area (Å²) in [5.41, 5.74) is 0. The molecule has 0 aromatic rings. The molecule has 0 unspecified atom stereocenters. The van der Waals surface area contributed by atoms with Crippen LogP contribution in [0.15, 0.2) is 0 Å². The summed E-state index contributed by atoms with van der Waals surface area (Å²) in [5.74, 6) is 2.17. The maximum atomic E-state index is 2.28. The van der Waals surface area contributed by atoms with Crippen LogP contribution in [0.1, 0.15) is 58.8 Å². The van der Waals surface area contributed by atoms with Gasteiger partial charge in [-0.25, -0.2) is 0 Å². The summed E-state index contributed by atoms with van der Waals surface area (Å²) in [5, 5.41) is 0. The molecule has 0 radical (unpaired) electrons. The van der Waals surface area contributed by atoms with E-state index in [9.17, 15) is 0 Å². The lowest BCUT2D eigenvalue weighted by atomic mass is 10.5. The van der Waals surface area contributed by atoms with E-state index in [-0.39, 0.29) is 0 Å². The van der Waals surface area contributed by atoms with Crippen LogP contribution in [-0.4, -0.2) is 0 Å². The third-order valence-electron chi connectivity index (χ3n) is 2.09. The highest BCUT2D eigenvalue weighted by Crippen LogP contribution is 2.27. The fourth-order valence-electron chi connectivity index (χ4n) is 0.333. The van der Waals surface area contributed by atoms with Crippen LogP contribution in [0.4, 0.5) is 0 Å². The third kappa shape index (κ3) is 13.1. The molecule has 3 aliphatic rings. The molecule has 3 aliphatic carbocycles. The van der Waals surface area contributed by atoms with Gasteiger partial charge in [0.15, 0.2) is 0 Å². The topological polar surface area (TPSA) is 0 Å².